The van der Waals surface area contributed by atoms with Crippen LogP contribution in [0.15, 0.2) is 54.9 Å². The van der Waals surface area contributed by atoms with Crippen LogP contribution in [0.4, 0.5) is 4.39 Å². The third-order valence-electron chi connectivity index (χ3n) is 5.42. The second-order valence-electron chi connectivity index (χ2n) is 8.50. The van der Waals surface area contributed by atoms with Crippen molar-refractivity contribution < 1.29 is 13.9 Å². The van der Waals surface area contributed by atoms with Gasteiger partial charge in [0.1, 0.15) is 17.9 Å². The highest BCUT2D eigenvalue weighted by Gasteiger charge is 2.17. The molecule has 0 amide bonds. The van der Waals surface area contributed by atoms with Gasteiger partial charge in [-0.1, -0.05) is 38.1 Å². The number of carbonyl (C=O) groups is 1. The lowest BCUT2D eigenvalue weighted by Crippen LogP contribution is -2.14. The second kappa shape index (κ2) is 10.9. The van der Waals surface area contributed by atoms with Crippen LogP contribution in [-0.4, -0.2) is 22.7 Å². The van der Waals surface area contributed by atoms with Crippen molar-refractivity contribution in [3.8, 4) is 5.75 Å². The van der Waals surface area contributed by atoms with Crippen LogP contribution in [-0.2, 0) is 17.8 Å². The molecule has 0 aliphatic rings. The smallest absolute Gasteiger partial charge is 0.126 e. The van der Waals surface area contributed by atoms with E-state index < -0.39 is 0 Å². The highest BCUT2D eigenvalue weighted by molar-refractivity contribution is 5.51. The Hall–Kier alpha value is -2.95. The van der Waals surface area contributed by atoms with Gasteiger partial charge in [-0.25, -0.2) is 4.39 Å². The summed E-state index contributed by atoms with van der Waals surface area (Å²) in [4.78, 5) is 10.9. The first-order valence-corrected chi connectivity index (χ1v) is 10.9. The van der Waals surface area contributed by atoms with Crippen molar-refractivity contribution in [1.29, 1.82) is 0 Å². The van der Waals surface area contributed by atoms with E-state index in [0.717, 1.165) is 35.1 Å². The molecule has 0 bridgehead atoms. The number of hydrogen-bond donors (Lipinski definition) is 0. The highest BCUT2D eigenvalue weighted by Crippen LogP contribution is 2.29. The van der Waals surface area contributed by atoms with Gasteiger partial charge < -0.3 is 9.53 Å². The Kier molecular flexibility index (Phi) is 7.99. The van der Waals surface area contributed by atoms with E-state index in [0.29, 0.717) is 37.5 Å². The normalized spacial score (nSPS) is 12.2. The summed E-state index contributed by atoms with van der Waals surface area (Å²) in [7, 11) is 0. The maximum Gasteiger partial charge on any atom is 0.126 e. The van der Waals surface area contributed by atoms with Crippen molar-refractivity contribution in [2.75, 3.05) is 6.61 Å². The van der Waals surface area contributed by atoms with Crippen LogP contribution >= 0.6 is 0 Å². The molecule has 164 valence electrons. The summed E-state index contributed by atoms with van der Waals surface area (Å²) >= 11 is 0. The standard InChI is InChI=1S/C26H31FN2O2/c1-19(2)14-24(23-9-10-25(27)20(3)15-23)18-31-26-16-21(17-29-12-5-11-28-29)7-8-22(26)6-4-13-30/h5,7-13,15-16,19,24H,4,6,14,17-18H2,1-3H3. The molecule has 4 nitrogen and oxygen atoms in total. The fourth-order valence-corrected chi connectivity index (χ4v) is 3.82. The number of aryl methyl sites for hydroxylation is 2. The molecule has 0 fully saturated rings. The van der Waals surface area contributed by atoms with E-state index in [9.17, 15) is 9.18 Å². The quantitative estimate of drug-likeness (QED) is 0.371. The Morgan fingerprint density at radius 2 is 2.03 bits per heavy atom. The average Bonchev–Trinajstić information content (AvgIpc) is 3.25. The monoisotopic (exact) mass is 422 g/mol. The molecule has 1 unspecified atom stereocenters. The summed E-state index contributed by atoms with van der Waals surface area (Å²) in [5, 5.41) is 4.27. The molecule has 0 spiro atoms. The molecule has 0 aliphatic carbocycles. The molecule has 1 atom stereocenters. The lowest BCUT2D eigenvalue weighted by atomic mass is 9.90. The number of halogens is 1. The lowest BCUT2D eigenvalue weighted by molar-refractivity contribution is -0.107. The van der Waals surface area contributed by atoms with Crippen LogP contribution in [0.3, 0.4) is 0 Å². The Morgan fingerprint density at radius 3 is 2.71 bits per heavy atom. The maximum absolute atomic E-state index is 13.8. The van der Waals surface area contributed by atoms with Gasteiger partial charge in [-0.3, -0.25) is 4.68 Å². The molecule has 3 aromatic rings. The summed E-state index contributed by atoms with van der Waals surface area (Å²) < 4.78 is 22.0. The zero-order valence-corrected chi connectivity index (χ0v) is 18.6. The van der Waals surface area contributed by atoms with E-state index in [1.807, 2.05) is 41.2 Å². The zero-order valence-electron chi connectivity index (χ0n) is 18.6. The minimum Gasteiger partial charge on any atom is -0.493 e. The minimum absolute atomic E-state index is 0.160. The molecule has 1 heterocycles. The van der Waals surface area contributed by atoms with Gasteiger partial charge in [0, 0.05) is 24.7 Å². The molecule has 0 saturated carbocycles. The van der Waals surface area contributed by atoms with Crippen molar-refractivity contribution in [3.63, 3.8) is 0 Å². The number of benzene rings is 2. The Morgan fingerprint density at radius 1 is 1.19 bits per heavy atom. The molecule has 0 N–H and O–H groups in total. The predicted octanol–water partition coefficient (Wildman–Crippen LogP) is 5.72. The third kappa shape index (κ3) is 6.51. The van der Waals surface area contributed by atoms with Crippen LogP contribution in [0.1, 0.15) is 54.9 Å². The molecule has 0 saturated heterocycles. The van der Waals surface area contributed by atoms with Gasteiger partial charge in [-0.05, 0) is 66.1 Å². The third-order valence-corrected chi connectivity index (χ3v) is 5.42. The Bertz CT molecular complexity index is 983. The first kappa shape index (κ1) is 22.7. The van der Waals surface area contributed by atoms with Gasteiger partial charge in [0.2, 0.25) is 0 Å². The molecule has 0 radical (unpaired) electrons. The predicted molar refractivity (Wildman–Crippen MR) is 121 cm³/mol. The van der Waals surface area contributed by atoms with Gasteiger partial charge >= 0.3 is 0 Å². The number of rotatable bonds is 11. The van der Waals surface area contributed by atoms with Crippen molar-refractivity contribution in [2.24, 2.45) is 5.92 Å². The van der Waals surface area contributed by atoms with Crippen LogP contribution in [0.25, 0.3) is 0 Å². The molecule has 3 rings (SSSR count). The van der Waals surface area contributed by atoms with Crippen molar-refractivity contribution in [2.45, 2.75) is 52.5 Å². The average molecular weight is 423 g/mol. The molecule has 31 heavy (non-hydrogen) atoms. The zero-order chi connectivity index (χ0) is 22.2. The summed E-state index contributed by atoms with van der Waals surface area (Å²) in [5.41, 5.74) is 3.86. The van der Waals surface area contributed by atoms with E-state index >= 15 is 0 Å². The SMILES string of the molecule is Cc1cc(C(COc2cc(Cn3cccn3)ccc2CCC=O)CC(C)C)ccc1F. The lowest BCUT2D eigenvalue weighted by Gasteiger charge is -2.22. The maximum atomic E-state index is 13.8. The fraction of sp³-hybridized carbons (Fsp3) is 0.385. The molecule has 5 heteroatoms. The molecule has 1 aromatic heterocycles. The van der Waals surface area contributed by atoms with Crippen molar-refractivity contribution >= 4 is 6.29 Å². The fourth-order valence-electron chi connectivity index (χ4n) is 3.82. The van der Waals surface area contributed by atoms with E-state index in [1.165, 1.54) is 6.07 Å². The number of nitrogens with zero attached hydrogens (tertiary/aromatic N) is 2. The summed E-state index contributed by atoms with van der Waals surface area (Å²) in [6, 6.07) is 13.4. The van der Waals surface area contributed by atoms with E-state index in [1.54, 1.807) is 13.1 Å². The molecular weight excluding hydrogens is 391 g/mol. The van der Waals surface area contributed by atoms with E-state index in [2.05, 4.69) is 25.0 Å². The summed E-state index contributed by atoms with van der Waals surface area (Å²) in [6.45, 7) is 7.32. The van der Waals surface area contributed by atoms with Crippen LogP contribution in [0, 0.1) is 18.7 Å². The Labute approximate surface area is 184 Å². The number of hydrogen-bond acceptors (Lipinski definition) is 3. The Balaban J connectivity index is 1.82. The molecule has 0 aliphatic heterocycles. The number of aldehydes is 1. The molecular formula is C26H31FN2O2. The van der Waals surface area contributed by atoms with Gasteiger partial charge in [0.05, 0.1) is 13.2 Å². The van der Waals surface area contributed by atoms with E-state index in [4.69, 9.17) is 4.74 Å². The minimum atomic E-state index is -0.185. The van der Waals surface area contributed by atoms with E-state index in [-0.39, 0.29) is 11.7 Å². The first-order chi connectivity index (χ1) is 15.0. The van der Waals surface area contributed by atoms with Crippen molar-refractivity contribution in [3.05, 3.63) is 82.9 Å². The van der Waals surface area contributed by atoms with Crippen LogP contribution in [0.2, 0.25) is 0 Å². The van der Waals surface area contributed by atoms with Gasteiger partial charge in [-0.2, -0.15) is 5.10 Å². The topological polar surface area (TPSA) is 44.1 Å². The second-order valence-corrected chi connectivity index (χ2v) is 8.50. The highest BCUT2D eigenvalue weighted by atomic mass is 19.1. The van der Waals surface area contributed by atoms with Crippen LogP contribution < -0.4 is 4.74 Å². The van der Waals surface area contributed by atoms with Gasteiger partial charge in [-0.15, -0.1) is 0 Å². The summed E-state index contributed by atoms with van der Waals surface area (Å²) in [5.74, 6) is 1.27. The summed E-state index contributed by atoms with van der Waals surface area (Å²) in [6.07, 6.45) is 6.67. The van der Waals surface area contributed by atoms with Crippen LogP contribution in [0.5, 0.6) is 5.75 Å². The molecule has 2 aromatic carbocycles. The number of aromatic nitrogens is 2. The largest absolute Gasteiger partial charge is 0.493 e. The van der Waals surface area contributed by atoms with Crippen molar-refractivity contribution in [1.82, 2.24) is 9.78 Å². The van der Waals surface area contributed by atoms with Gasteiger partial charge in [0.15, 0.2) is 0 Å². The first-order valence-electron chi connectivity index (χ1n) is 10.9. The number of ether oxygens (including phenoxy) is 1. The number of carbonyl (C=O) groups excluding carboxylic acids is 1. The van der Waals surface area contributed by atoms with Gasteiger partial charge in [0.25, 0.3) is 0 Å².